The van der Waals surface area contributed by atoms with Crippen LogP contribution in [0.5, 0.6) is 5.88 Å². The molecule has 0 bridgehead atoms. The van der Waals surface area contributed by atoms with Gasteiger partial charge in [-0.1, -0.05) is 6.07 Å². The van der Waals surface area contributed by atoms with Crippen LogP contribution in [0.25, 0.3) is 5.82 Å². The number of carbonyl (C=O) groups is 1. The third-order valence-electron chi connectivity index (χ3n) is 4.87. The maximum absolute atomic E-state index is 12.2. The summed E-state index contributed by atoms with van der Waals surface area (Å²) >= 11 is 0. The van der Waals surface area contributed by atoms with Gasteiger partial charge in [-0.15, -0.1) is 0 Å². The Bertz CT molecular complexity index is 938. The topological polar surface area (TPSA) is 94.0 Å². The van der Waals surface area contributed by atoms with Gasteiger partial charge in [0, 0.05) is 43.4 Å². The van der Waals surface area contributed by atoms with Crippen molar-refractivity contribution < 1.29 is 9.53 Å². The Morgan fingerprint density at radius 2 is 1.93 bits per heavy atom. The zero-order valence-corrected chi connectivity index (χ0v) is 16.1. The van der Waals surface area contributed by atoms with E-state index in [0.717, 1.165) is 24.0 Å². The van der Waals surface area contributed by atoms with Gasteiger partial charge in [0.15, 0.2) is 5.82 Å². The van der Waals surface area contributed by atoms with Crippen LogP contribution in [0.1, 0.15) is 36.8 Å². The van der Waals surface area contributed by atoms with E-state index in [4.69, 9.17) is 4.74 Å². The van der Waals surface area contributed by atoms with Gasteiger partial charge in [0.25, 0.3) is 0 Å². The lowest BCUT2D eigenvalue weighted by molar-refractivity contribution is 0.198. The van der Waals surface area contributed by atoms with Crippen molar-refractivity contribution in [3.05, 3.63) is 66.2 Å². The number of pyridine rings is 2. The number of amides is 2. The first-order valence-corrected chi connectivity index (χ1v) is 9.85. The summed E-state index contributed by atoms with van der Waals surface area (Å²) in [6, 6.07) is 9.12. The molecule has 1 saturated carbocycles. The molecule has 8 heteroatoms. The Morgan fingerprint density at radius 3 is 2.76 bits per heavy atom. The molecule has 150 valence electrons. The van der Waals surface area contributed by atoms with Crippen molar-refractivity contribution in [1.82, 2.24) is 30.4 Å². The third kappa shape index (κ3) is 5.10. The number of nitrogens with zero attached hydrogens (tertiary/aromatic N) is 4. The smallest absolute Gasteiger partial charge is 0.315 e. The Morgan fingerprint density at radius 1 is 1.07 bits per heavy atom. The Kier molecular flexibility index (Phi) is 5.99. The van der Waals surface area contributed by atoms with Crippen LogP contribution in [0.3, 0.4) is 0 Å². The van der Waals surface area contributed by atoms with Crippen molar-refractivity contribution in [3.8, 4) is 11.7 Å². The third-order valence-corrected chi connectivity index (χ3v) is 4.87. The summed E-state index contributed by atoms with van der Waals surface area (Å²) in [6.07, 6.45) is 11.7. The zero-order chi connectivity index (χ0) is 19.9. The molecule has 2 N–H and O–H groups in total. The van der Waals surface area contributed by atoms with Crippen LogP contribution in [-0.2, 0) is 13.1 Å². The Balaban J connectivity index is 1.29. The largest absolute Gasteiger partial charge is 0.474 e. The molecular weight excluding hydrogens is 368 g/mol. The highest BCUT2D eigenvalue weighted by molar-refractivity contribution is 5.73. The number of rotatable bonds is 7. The molecular formula is C21H24N6O2. The summed E-state index contributed by atoms with van der Waals surface area (Å²) in [5.74, 6) is 1.32. The summed E-state index contributed by atoms with van der Waals surface area (Å²) in [6.45, 7) is 0.748. The summed E-state index contributed by atoms with van der Waals surface area (Å²) in [5.41, 5.74) is 1.81. The summed E-state index contributed by atoms with van der Waals surface area (Å²) in [7, 11) is 0. The van der Waals surface area contributed by atoms with Gasteiger partial charge in [0.2, 0.25) is 5.88 Å². The Labute approximate surface area is 169 Å². The maximum atomic E-state index is 12.2. The van der Waals surface area contributed by atoms with E-state index in [0.29, 0.717) is 24.8 Å². The van der Waals surface area contributed by atoms with E-state index in [1.165, 1.54) is 12.8 Å². The quantitative estimate of drug-likeness (QED) is 0.645. The molecule has 0 radical (unpaired) electrons. The van der Waals surface area contributed by atoms with Gasteiger partial charge in [-0.2, -0.15) is 5.10 Å². The predicted molar refractivity (Wildman–Crippen MR) is 108 cm³/mol. The molecule has 1 fully saturated rings. The normalized spacial score (nSPS) is 13.9. The number of hydrogen-bond donors (Lipinski definition) is 2. The molecule has 0 spiro atoms. The second-order valence-corrected chi connectivity index (χ2v) is 7.00. The zero-order valence-electron chi connectivity index (χ0n) is 16.1. The molecule has 1 aliphatic carbocycles. The van der Waals surface area contributed by atoms with Crippen molar-refractivity contribution in [1.29, 1.82) is 0 Å². The molecule has 0 atom stereocenters. The molecule has 0 aliphatic heterocycles. The second kappa shape index (κ2) is 9.18. The SMILES string of the molecule is O=C(NCc1ccnc(-n2cccn2)c1)NCc1cccnc1OC1CCCC1. The molecule has 0 aromatic carbocycles. The first kappa shape index (κ1) is 18.9. The number of carbonyl (C=O) groups excluding carboxylic acids is 1. The lowest BCUT2D eigenvalue weighted by atomic mass is 10.2. The van der Waals surface area contributed by atoms with Gasteiger partial charge in [-0.3, -0.25) is 0 Å². The average Bonchev–Trinajstić information content (AvgIpc) is 3.46. The maximum Gasteiger partial charge on any atom is 0.315 e. The fraction of sp³-hybridized carbons (Fsp3) is 0.333. The van der Waals surface area contributed by atoms with E-state index >= 15 is 0 Å². The summed E-state index contributed by atoms with van der Waals surface area (Å²) in [4.78, 5) is 20.9. The molecule has 3 aromatic rings. The number of ether oxygens (including phenoxy) is 1. The van der Waals surface area contributed by atoms with Crippen molar-refractivity contribution >= 4 is 6.03 Å². The molecule has 8 nitrogen and oxygen atoms in total. The van der Waals surface area contributed by atoms with E-state index in [1.807, 2.05) is 36.5 Å². The molecule has 3 heterocycles. The summed E-state index contributed by atoms with van der Waals surface area (Å²) in [5, 5.41) is 9.91. The first-order chi connectivity index (χ1) is 14.3. The number of aromatic nitrogens is 4. The fourth-order valence-electron chi connectivity index (χ4n) is 3.35. The van der Waals surface area contributed by atoms with E-state index in [1.54, 1.807) is 23.3 Å². The molecule has 29 heavy (non-hydrogen) atoms. The molecule has 2 amide bonds. The van der Waals surface area contributed by atoms with Crippen LogP contribution >= 0.6 is 0 Å². The predicted octanol–water partition coefficient (Wildman–Crippen LogP) is 2.98. The van der Waals surface area contributed by atoms with E-state index < -0.39 is 0 Å². The van der Waals surface area contributed by atoms with Gasteiger partial charge < -0.3 is 15.4 Å². The van der Waals surface area contributed by atoms with Gasteiger partial charge >= 0.3 is 6.03 Å². The number of urea groups is 1. The minimum atomic E-state index is -0.252. The highest BCUT2D eigenvalue weighted by Gasteiger charge is 2.18. The van der Waals surface area contributed by atoms with Crippen molar-refractivity contribution in [3.63, 3.8) is 0 Å². The lowest BCUT2D eigenvalue weighted by Gasteiger charge is -2.15. The van der Waals surface area contributed by atoms with Crippen LogP contribution in [-0.4, -0.2) is 31.9 Å². The Hall–Kier alpha value is -3.42. The van der Waals surface area contributed by atoms with Crippen LogP contribution in [0.4, 0.5) is 4.79 Å². The van der Waals surface area contributed by atoms with Crippen LogP contribution in [0.15, 0.2) is 55.1 Å². The van der Waals surface area contributed by atoms with Crippen molar-refractivity contribution in [2.24, 2.45) is 0 Å². The van der Waals surface area contributed by atoms with Crippen molar-refractivity contribution in [2.45, 2.75) is 44.9 Å². The van der Waals surface area contributed by atoms with E-state index in [9.17, 15) is 4.79 Å². The minimum absolute atomic E-state index is 0.230. The second-order valence-electron chi connectivity index (χ2n) is 7.00. The van der Waals surface area contributed by atoms with Crippen LogP contribution in [0, 0.1) is 0 Å². The molecule has 3 aromatic heterocycles. The molecule has 0 saturated heterocycles. The first-order valence-electron chi connectivity index (χ1n) is 9.85. The lowest BCUT2D eigenvalue weighted by Crippen LogP contribution is -2.34. The fourth-order valence-corrected chi connectivity index (χ4v) is 3.35. The molecule has 0 unspecified atom stereocenters. The monoisotopic (exact) mass is 392 g/mol. The van der Waals surface area contributed by atoms with Gasteiger partial charge in [0.05, 0.1) is 0 Å². The highest BCUT2D eigenvalue weighted by atomic mass is 16.5. The number of nitrogens with one attached hydrogen (secondary N) is 2. The minimum Gasteiger partial charge on any atom is -0.474 e. The average molecular weight is 392 g/mol. The van der Waals surface area contributed by atoms with Gasteiger partial charge in [-0.05, 0) is 55.5 Å². The van der Waals surface area contributed by atoms with E-state index in [2.05, 4.69) is 25.7 Å². The molecule has 1 aliphatic rings. The van der Waals surface area contributed by atoms with Gasteiger partial charge in [0.1, 0.15) is 6.10 Å². The summed E-state index contributed by atoms with van der Waals surface area (Å²) < 4.78 is 7.70. The molecule has 4 rings (SSSR count). The standard InChI is InChI=1S/C21H24N6O2/c28-21(24-14-16-8-11-22-19(13-16)27-12-4-10-26-27)25-15-17-5-3-9-23-20(17)29-18-6-1-2-7-18/h3-5,8-13,18H,1-2,6-7,14-15H2,(H2,24,25,28). The van der Waals surface area contributed by atoms with Crippen molar-refractivity contribution in [2.75, 3.05) is 0 Å². The number of hydrogen-bond acceptors (Lipinski definition) is 5. The highest BCUT2D eigenvalue weighted by Crippen LogP contribution is 2.24. The van der Waals surface area contributed by atoms with Gasteiger partial charge in [-0.25, -0.2) is 19.4 Å². The van der Waals surface area contributed by atoms with E-state index in [-0.39, 0.29) is 12.1 Å². The van der Waals surface area contributed by atoms with Crippen LogP contribution in [0.2, 0.25) is 0 Å². The van der Waals surface area contributed by atoms with Crippen LogP contribution < -0.4 is 15.4 Å².